The minimum absolute atomic E-state index is 0.0667. The highest BCUT2D eigenvalue weighted by atomic mass is 16.5. The highest BCUT2D eigenvalue weighted by molar-refractivity contribution is 5.98. The first-order chi connectivity index (χ1) is 15.0. The Balaban J connectivity index is 1.30. The lowest BCUT2D eigenvalue weighted by molar-refractivity contribution is -0.159. The zero-order chi connectivity index (χ0) is 21.6. The Hall–Kier alpha value is -2.57. The number of fused-ring (bicyclic) bond motifs is 3. The zero-order valence-electron chi connectivity index (χ0n) is 18.0. The van der Waals surface area contributed by atoms with E-state index in [0.29, 0.717) is 43.9 Å². The van der Waals surface area contributed by atoms with Gasteiger partial charge in [-0.25, -0.2) is 0 Å². The summed E-state index contributed by atoms with van der Waals surface area (Å²) in [7, 11) is 0. The number of rotatable bonds is 3. The van der Waals surface area contributed by atoms with Gasteiger partial charge in [0.1, 0.15) is 5.75 Å². The standard InChI is InChI=1S/C24H30N2O5/c1-2-30-23(29)16-6-5-11-26(14-16)22(28)19-12-17-10-9-15(19)13-24(17)25-21(27)18-7-3-4-8-20(18)31-24/h3-4,7-8,15-17,19H,2,5-6,9-14H2,1H3,(H,25,27). The summed E-state index contributed by atoms with van der Waals surface area (Å²) in [5, 5.41) is 3.15. The number of hydrogen-bond donors (Lipinski definition) is 1. The Labute approximate surface area is 182 Å². The van der Waals surface area contributed by atoms with E-state index in [-0.39, 0.29) is 41.5 Å². The maximum absolute atomic E-state index is 13.4. The zero-order valence-corrected chi connectivity index (χ0v) is 18.0. The van der Waals surface area contributed by atoms with Crippen LogP contribution in [0.4, 0.5) is 0 Å². The van der Waals surface area contributed by atoms with E-state index in [1.807, 2.05) is 30.0 Å². The third-order valence-corrected chi connectivity index (χ3v) is 7.64. The number of carbonyl (C=O) groups excluding carboxylic acids is 3. The quantitative estimate of drug-likeness (QED) is 0.752. The van der Waals surface area contributed by atoms with Crippen molar-refractivity contribution in [2.75, 3.05) is 19.7 Å². The number of hydrogen-bond acceptors (Lipinski definition) is 5. The van der Waals surface area contributed by atoms with E-state index in [1.165, 1.54) is 0 Å². The molecule has 3 aliphatic carbocycles. The predicted octanol–water partition coefficient (Wildman–Crippen LogP) is 2.74. The Morgan fingerprint density at radius 3 is 2.87 bits per heavy atom. The molecule has 5 aliphatic rings. The highest BCUT2D eigenvalue weighted by Gasteiger charge is 2.57. The van der Waals surface area contributed by atoms with Crippen LogP contribution in [0, 0.1) is 23.7 Å². The molecule has 1 saturated heterocycles. The Morgan fingerprint density at radius 2 is 2.10 bits per heavy atom. The first-order valence-corrected chi connectivity index (χ1v) is 11.6. The van der Waals surface area contributed by atoms with Crippen LogP contribution in [0.1, 0.15) is 55.8 Å². The van der Waals surface area contributed by atoms with Crippen molar-refractivity contribution in [1.29, 1.82) is 0 Å². The van der Waals surface area contributed by atoms with E-state index >= 15 is 0 Å². The van der Waals surface area contributed by atoms with Crippen molar-refractivity contribution in [1.82, 2.24) is 10.2 Å². The van der Waals surface area contributed by atoms with Crippen LogP contribution in [-0.4, -0.2) is 48.1 Å². The Kier molecular flexibility index (Phi) is 5.15. The second-order valence-corrected chi connectivity index (χ2v) is 9.40. The molecule has 5 unspecified atom stereocenters. The number of carbonyl (C=O) groups is 3. The summed E-state index contributed by atoms with van der Waals surface area (Å²) in [5.74, 6) is 0.494. The third kappa shape index (κ3) is 3.48. The number of ether oxygens (including phenoxy) is 2. The molecule has 3 saturated carbocycles. The second kappa shape index (κ2) is 7.84. The number of nitrogens with zero attached hydrogens (tertiary/aromatic N) is 1. The molecule has 1 spiro atoms. The van der Waals surface area contributed by atoms with Crippen LogP contribution in [0.5, 0.6) is 5.75 Å². The number of esters is 1. The fourth-order valence-electron chi connectivity index (χ4n) is 6.13. The fraction of sp³-hybridized carbons (Fsp3) is 0.625. The number of amides is 2. The third-order valence-electron chi connectivity index (χ3n) is 7.64. The van der Waals surface area contributed by atoms with Crippen molar-refractivity contribution in [2.45, 2.75) is 51.2 Å². The molecular formula is C24H30N2O5. The first-order valence-electron chi connectivity index (χ1n) is 11.6. The van der Waals surface area contributed by atoms with E-state index in [1.54, 1.807) is 6.07 Å². The van der Waals surface area contributed by atoms with Gasteiger partial charge in [0, 0.05) is 31.3 Å². The molecule has 1 N–H and O–H groups in total. The van der Waals surface area contributed by atoms with Gasteiger partial charge in [-0.1, -0.05) is 12.1 Å². The first kappa shape index (κ1) is 20.3. The van der Waals surface area contributed by atoms with Gasteiger partial charge in [0.05, 0.1) is 18.1 Å². The lowest BCUT2D eigenvalue weighted by atomic mass is 9.59. The van der Waals surface area contributed by atoms with Crippen LogP contribution in [0.15, 0.2) is 24.3 Å². The molecule has 166 valence electrons. The molecule has 0 aromatic heterocycles. The summed E-state index contributed by atoms with van der Waals surface area (Å²) in [6, 6.07) is 7.35. The minimum Gasteiger partial charge on any atom is -0.467 e. The molecule has 2 aliphatic heterocycles. The molecule has 6 rings (SSSR count). The van der Waals surface area contributed by atoms with Crippen molar-refractivity contribution < 1.29 is 23.9 Å². The van der Waals surface area contributed by atoms with Crippen LogP contribution in [0.2, 0.25) is 0 Å². The largest absolute Gasteiger partial charge is 0.467 e. The van der Waals surface area contributed by atoms with Crippen molar-refractivity contribution in [3.8, 4) is 5.75 Å². The molecule has 31 heavy (non-hydrogen) atoms. The van der Waals surface area contributed by atoms with Crippen LogP contribution < -0.4 is 10.1 Å². The van der Waals surface area contributed by atoms with Gasteiger partial charge in [-0.2, -0.15) is 0 Å². The summed E-state index contributed by atoms with van der Waals surface area (Å²) in [6.07, 6.45) is 4.90. The van der Waals surface area contributed by atoms with Crippen LogP contribution in [-0.2, 0) is 14.3 Å². The second-order valence-electron chi connectivity index (χ2n) is 9.40. The molecule has 7 nitrogen and oxygen atoms in total. The van der Waals surface area contributed by atoms with Gasteiger partial charge in [0.25, 0.3) is 5.91 Å². The predicted molar refractivity (Wildman–Crippen MR) is 112 cm³/mol. The van der Waals surface area contributed by atoms with Crippen molar-refractivity contribution in [2.24, 2.45) is 23.7 Å². The average molecular weight is 427 g/mol. The van der Waals surface area contributed by atoms with Crippen molar-refractivity contribution >= 4 is 17.8 Å². The topological polar surface area (TPSA) is 84.9 Å². The number of nitrogens with one attached hydrogen (secondary N) is 1. The normalized spacial score (nSPS) is 34.0. The molecule has 0 radical (unpaired) electrons. The minimum atomic E-state index is -0.708. The summed E-state index contributed by atoms with van der Waals surface area (Å²) in [5.41, 5.74) is -0.138. The summed E-state index contributed by atoms with van der Waals surface area (Å²) >= 11 is 0. The van der Waals surface area contributed by atoms with Crippen LogP contribution in [0.25, 0.3) is 0 Å². The van der Waals surface area contributed by atoms with Crippen LogP contribution >= 0.6 is 0 Å². The van der Waals surface area contributed by atoms with E-state index < -0.39 is 5.72 Å². The molecule has 7 heteroatoms. The maximum atomic E-state index is 13.4. The lowest BCUT2D eigenvalue weighted by Gasteiger charge is -2.55. The van der Waals surface area contributed by atoms with E-state index in [2.05, 4.69) is 5.32 Å². The highest BCUT2D eigenvalue weighted by Crippen LogP contribution is 2.53. The molecule has 1 aromatic carbocycles. The van der Waals surface area contributed by atoms with E-state index in [0.717, 1.165) is 25.7 Å². The van der Waals surface area contributed by atoms with Gasteiger partial charge in [0.15, 0.2) is 5.72 Å². The molecule has 1 aromatic rings. The Morgan fingerprint density at radius 1 is 1.26 bits per heavy atom. The lowest BCUT2D eigenvalue weighted by Crippen LogP contribution is -2.67. The summed E-state index contributed by atoms with van der Waals surface area (Å²) < 4.78 is 11.6. The van der Waals surface area contributed by atoms with E-state index in [4.69, 9.17) is 9.47 Å². The monoisotopic (exact) mass is 426 g/mol. The van der Waals surface area contributed by atoms with Crippen molar-refractivity contribution in [3.63, 3.8) is 0 Å². The van der Waals surface area contributed by atoms with Crippen molar-refractivity contribution in [3.05, 3.63) is 29.8 Å². The van der Waals surface area contributed by atoms with E-state index in [9.17, 15) is 14.4 Å². The maximum Gasteiger partial charge on any atom is 0.310 e. The smallest absolute Gasteiger partial charge is 0.310 e. The van der Waals surface area contributed by atoms with Crippen LogP contribution in [0.3, 0.4) is 0 Å². The summed E-state index contributed by atoms with van der Waals surface area (Å²) in [6.45, 7) is 3.33. The fourth-order valence-corrected chi connectivity index (χ4v) is 6.13. The van der Waals surface area contributed by atoms with Gasteiger partial charge < -0.3 is 19.7 Å². The number of para-hydroxylation sites is 1. The molecule has 4 fully saturated rings. The average Bonchev–Trinajstić information content (AvgIpc) is 2.79. The van der Waals surface area contributed by atoms with Gasteiger partial charge in [-0.05, 0) is 57.1 Å². The molecule has 2 bridgehead atoms. The van der Waals surface area contributed by atoms with Gasteiger partial charge in [-0.3, -0.25) is 14.4 Å². The molecule has 5 atom stereocenters. The number of benzene rings is 1. The number of piperidine rings is 1. The van der Waals surface area contributed by atoms with Gasteiger partial charge in [-0.15, -0.1) is 0 Å². The molecule has 2 heterocycles. The summed E-state index contributed by atoms with van der Waals surface area (Å²) in [4.78, 5) is 40.3. The van der Waals surface area contributed by atoms with Gasteiger partial charge in [0.2, 0.25) is 5.91 Å². The number of likely N-dealkylation sites (tertiary alicyclic amines) is 1. The van der Waals surface area contributed by atoms with Gasteiger partial charge >= 0.3 is 5.97 Å². The SMILES string of the molecule is CCOC(=O)C1CCCN(C(=O)C2CC3CCC2CC32NC(=O)c3ccccc3O2)C1. The Bertz CT molecular complexity index is 902. The molecule has 2 amide bonds. The molecular weight excluding hydrogens is 396 g/mol.